The lowest BCUT2D eigenvalue weighted by molar-refractivity contribution is -0.141. The maximum absolute atomic E-state index is 13.2. The van der Waals surface area contributed by atoms with Gasteiger partial charge in [0.2, 0.25) is 0 Å². The summed E-state index contributed by atoms with van der Waals surface area (Å²) in [6.07, 6.45) is -4.69. The third-order valence-corrected chi connectivity index (χ3v) is 4.47. The van der Waals surface area contributed by atoms with Gasteiger partial charge in [-0.25, -0.2) is 4.68 Å². The Balaban J connectivity index is 1.98. The molecule has 28 heavy (non-hydrogen) atoms. The van der Waals surface area contributed by atoms with E-state index in [1.807, 2.05) is 26.0 Å². The van der Waals surface area contributed by atoms with E-state index in [0.717, 1.165) is 10.2 Å². The zero-order valence-corrected chi connectivity index (χ0v) is 15.8. The Kier molecular flexibility index (Phi) is 5.47. The molecule has 0 saturated heterocycles. The van der Waals surface area contributed by atoms with Gasteiger partial charge < -0.3 is 5.32 Å². The second kappa shape index (κ2) is 7.67. The number of benzene rings is 2. The first kappa shape index (κ1) is 19.9. The van der Waals surface area contributed by atoms with Crippen LogP contribution >= 0.6 is 11.6 Å². The molecule has 1 aromatic heterocycles. The maximum atomic E-state index is 13.2. The molecular formula is C20H17ClF3N3O. The zero-order valence-electron chi connectivity index (χ0n) is 15.1. The summed E-state index contributed by atoms with van der Waals surface area (Å²) in [4.78, 5) is 12.7. The van der Waals surface area contributed by atoms with Gasteiger partial charge in [0.05, 0.1) is 10.7 Å². The minimum atomic E-state index is -4.69. The first-order valence-electron chi connectivity index (χ1n) is 8.50. The summed E-state index contributed by atoms with van der Waals surface area (Å²) in [6, 6.07) is 14.1. The Hall–Kier alpha value is -2.80. The van der Waals surface area contributed by atoms with E-state index in [1.165, 1.54) is 12.1 Å². The molecule has 0 fully saturated rings. The first-order chi connectivity index (χ1) is 13.2. The van der Waals surface area contributed by atoms with Crippen molar-refractivity contribution in [3.8, 4) is 5.69 Å². The Morgan fingerprint density at radius 1 is 1.11 bits per heavy atom. The van der Waals surface area contributed by atoms with Crippen LogP contribution in [0.2, 0.25) is 5.02 Å². The average molecular weight is 408 g/mol. The Bertz CT molecular complexity index is 995. The van der Waals surface area contributed by atoms with Gasteiger partial charge in [0.25, 0.3) is 5.91 Å². The molecule has 8 heteroatoms. The van der Waals surface area contributed by atoms with Crippen LogP contribution in [0.5, 0.6) is 0 Å². The van der Waals surface area contributed by atoms with Crippen molar-refractivity contribution in [1.82, 2.24) is 9.78 Å². The van der Waals surface area contributed by atoms with Gasteiger partial charge in [-0.3, -0.25) is 4.79 Å². The second-order valence-corrected chi connectivity index (χ2v) is 6.91. The molecule has 0 unspecified atom stereocenters. The summed E-state index contributed by atoms with van der Waals surface area (Å²) in [5, 5.41) is 6.34. The van der Waals surface area contributed by atoms with Crippen molar-refractivity contribution in [2.24, 2.45) is 0 Å². The molecule has 1 amide bonds. The number of anilines is 1. The largest absolute Gasteiger partial charge is 0.435 e. The molecule has 0 atom stereocenters. The normalized spacial score (nSPS) is 11.7. The quantitative estimate of drug-likeness (QED) is 0.583. The molecule has 146 valence electrons. The molecule has 0 aliphatic rings. The molecule has 1 heterocycles. The smallest absolute Gasteiger partial charge is 0.321 e. The third kappa shape index (κ3) is 4.20. The van der Waals surface area contributed by atoms with Gasteiger partial charge >= 0.3 is 6.18 Å². The van der Waals surface area contributed by atoms with Crippen LogP contribution in [0.1, 0.15) is 41.5 Å². The van der Waals surface area contributed by atoms with Gasteiger partial charge in [-0.2, -0.15) is 18.3 Å². The van der Waals surface area contributed by atoms with E-state index in [1.54, 1.807) is 24.3 Å². The van der Waals surface area contributed by atoms with Gasteiger partial charge in [0, 0.05) is 11.8 Å². The van der Waals surface area contributed by atoms with E-state index in [4.69, 9.17) is 11.6 Å². The molecule has 3 aromatic rings. The predicted molar refractivity (Wildman–Crippen MR) is 102 cm³/mol. The highest BCUT2D eigenvalue weighted by Gasteiger charge is 2.36. The monoisotopic (exact) mass is 407 g/mol. The summed E-state index contributed by atoms with van der Waals surface area (Å²) in [5.74, 6) is -0.402. The van der Waals surface area contributed by atoms with Crippen molar-refractivity contribution in [2.45, 2.75) is 25.9 Å². The number of hydrogen-bond acceptors (Lipinski definition) is 2. The first-order valence-corrected chi connectivity index (χ1v) is 8.88. The average Bonchev–Trinajstić information content (AvgIpc) is 3.08. The summed E-state index contributed by atoms with van der Waals surface area (Å²) in [6.45, 7) is 4.07. The molecule has 3 rings (SSSR count). The van der Waals surface area contributed by atoms with Crippen molar-refractivity contribution in [2.75, 3.05) is 5.32 Å². The predicted octanol–water partition coefficient (Wildman–Crippen LogP) is 5.92. The minimum absolute atomic E-state index is 0.176. The lowest BCUT2D eigenvalue weighted by Gasteiger charge is -2.11. The Morgan fingerprint density at radius 3 is 2.32 bits per heavy atom. The highest BCUT2D eigenvalue weighted by atomic mass is 35.5. The number of rotatable bonds is 4. The summed E-state index contributed by atoms with van der Waals surface area (Å²) < 4.78 is 40.4. The fraction of sp³-hybridized carbons (Fsp3) is 0.200. The number of carbonyl (C=O) groups excluding carboxylic acids is 1. The number of carbonyl (C=O) groups is 1. The maximum Gasteiger partial charge on any atom is 0.435 e. The van der Waals surface area contributed by atoms with Crippen LogP contribution in [-0.4, -0.2) is 15.7 Å². The number of para-hydroxylation sites is 1. The van der Waals surface area contributed by atoms with Gasteiger partial charge in [0.1, 0.15) is 5.69 Å². The molecule has 2 aromatic carbocycles. The fourth-order valence-electron chi connectivity index (χ4n) is 2.63. The summed E-state index contributed by atoms with van der Waals surface area (Å²) in [5.41, 5.74) is 0.286. The Labute approximate surface area is 164 Å². The highest BCUT2D eigenvalue weighted by Crippen LogP contribution is 2.31. The van der Waals surface area contributed by atoms with Crippen LogP contribution in [0, 0.1) is 0 Å². The van der Waals surface area contributed by atoms with Gasteiger partial charge in [0.15, 0.2) is 5.69 Å². The van der Waals surface area contributed by atoms with Crippen LogP contribution in [0.25, 0.3) is 5.69 Å². The van der Waals surface area contributed by atoms with Crippen molar-refractivity contribution in [3.63, 3.8) is 0 Å². The lowest BCUT2D eigenvalue weighted by Crippen LogP contribution is -2.17. The topological polar surface area (TPSA) is 46.9 Å². The van der Waals surface area contributed by atoms with Gasteiger partial charge in [-0.05, 0) is 35.7 Å². The van der Waals surface area contributed by atoms with Crippen molar-refractivity contribution >= 4 is 23.2 Å². The van der Waals surface area contributed by atoms with E-state index < -0.39 is 17.8 Å². The van der Waals surface area contributed by atoms with Crippen LogP contribution in [0.3, 0.4) is 0 Å². The minimum Gasteiger partial charge on any atom is -0.321 e. The molecule has 4 nitrogen and oxygen atoms in total. The molecule has 0 bridgehead atoms. The number of nitrogens with one attached hydrogen (secondary N) is 1. The highest BCUT2D eigenvalue weighted by molar-refractivity contribution is 6.32. The molecule has 0 aliphatic carbocycles. The molecular weight excluding hydrogens is 391 g/mol. The summed E-state index contributed by atoms with van der Waals surface area (Å²) >= 11 is 6.09. The molecule has 0 aliphatic heterocycles. The van der Waals surface area contributed by atoms with Gasteiger partial charge in [-0.15, -0.1) is 0 Å². The van der Waals surface area contributed by atoms with Crippen molar-refractivity contribution in [3.05, 3.63) is 76.6 Å². The number of hydrogen-bond donors (Lipinski definition) is 1. The van der Waals surface area contributed by atoms with Crippen LogP contribution < -0.4 is 5.32 Å². The number of amides is 1. The van der Waals surface area contributed by atoms with Crippen LogP contribution in [-0.2, 0) is 6.18 Å². The number of alkyl halides is 3. The third-order valence-electron chi connectivity index (χ3n) is 4.15. The lowest BCUT2D eigenvalue weighted by atomic mass is 10.0. The number of nitrogens with zero attached hydrogens (tertiary/aromatic N) is 2. The van der Waals surface area contributed by atoms with Crippen LogP contribution in [0.4, 0.5) is 18.9 Å². The molecule has 1 N–H and O–H groups in total. The molecule has 0 saturated carbocycles. The SMILES string of the molecule is CC(C)c1ccc(NC(=O)c2cc(C(F)(F)F)nn2-c2ccccc2Cl)cc1. The van der Waals surface area contributed by atoms with Crippen molar-refractivity contribution < 1.29 is 18.0 Å². The standard InChI is InChI=1S/C20H17ClF3N3O/c1-12(2)13-7-9-14(10-8-13)25-19(28)17-11-18(20(22,23)24)26-27(17)16-6-4-3-5-15(16)21/h3-12H,1-2H3,(H,25,28). The van der Waals surface area contributed by atoms with E-state index >= 15 is 0 Å². The van der Waals surface area contributed by atoms with E-state index in [0.29, 0.717) is 17.7 Å². The fourth-order valence-corrected chi connectivity index (χ4v) is 2.85. The van der Waals surface area contributed by atoms with E-state index in [9.17, 15) is 18.0 Å². The number of halogens is 4. The van der Waals surface area contributed by atoms with E-state index in [-0.39, 0.29) is 16.4 Å². The number of aromatic nitrogens is 2. The Morgan fingerprint density at radius 2 is 1.75 bits per heavy atom. The van der Waals surface area contributed by atoms with Crippen LogP contribution in [0.15, 0.2) is 54.6 Å². The summed E-state index contributed by atoms with van der Waals surface area (Å²) in [7, 11) is 0. The zero-order chi connectivity index (χ0) is 20.5. The molecule has 0 radical (unpaired) electrons. The second-order valence-electron chi connectivity index (χ2n) is 6.51. The van der Waals surface area contributed by atoms with Crippen molar-refractivity contribution in [1.29, 1.82) is 0 Å². The molecule has 0 spiro atoms. The van der Waals surface area contributed by atoms with Gasteiger partial charge in [-0.1, -0.05) is 49.7 Å². The van der Waals surface area contributed by atoms with E-state index in [2.05, 4.69) is 10.4 Å².